The Morgan fingerprint density at radius 3 is 2.62 bits per heavy atom. The number of para-hydroxylation sites is 1. The molecule has 3 rings (SSSR count). The van der Waals surface area contributed by atoms with Gasteiger partial charge in [-0.25, -0.2) is 0 Å². The quantitative estimate of drug-likeness (QED) is 0.813. The van der Waals surface area contributed by atoms with Gasteiger partial charge in [0.05, 0.1) is 36.4 Å². The third kappa shape index (κ3) is 4.59. The van der Waals surface area contributed by atoms with E-state index in [1.54, 1.807) is 23.1 Å². The van der Waals surface area contributed by atoms with Crippen LogP contribution in [0.1, 0.15) is 42.6 Å². The average molecular weight is 396 g/mol. The van der Waals surface area contributed by atoms with Gasteiger partial charge < -0.3 is 20.1 Å². The summed E-state index contributed by atoms with van der Waals surface area (Å²) in [6.07, 6.45) is 0. The number of nitrogens with zero attached hydrogens (tertiary/aromatic N) is 1. The third-order valence-electron chi connectivity index (χ3n) is 5.27. The van der Waals surface area contributed by atoms with Crippen LogP contribution in [-0.2, 0) is 4.79 Å². The highest BCUT2D eigenvalue weighted by Gasteiger charge is 2.30. The van der Waals surface area contributed by atoms with Gasteiger partial charge in [-0.05, 0) is 31.5 Å². The van der Waals surface area contributed by atoms with Crippen LogP contribution in [-0.4, -0.2) is 47.6 Å². The molecule has 6 heteroatoms. The van der Waals surface area contributed by atoms with Crippen molar-refractivity contribution in [2.24, 2.45) is 5.92 Å². The Balaban J connectivity index is 1.91. The molecule has 2 aromatic rings. The Bertz CT molecular complexity index is 868. The molecule has 0 aliphatic carbocycles. The van der Waals surface area contributed by atoms with Crippen LogP contribution in [0.15, 0.2) is 48.5 Å². The van der Waals surface area contributed by atoms with E-state index >= 15 is 0 Å². The number of nitrogens with one attached hydrogen (secondary N) is 1. The van der Waals surface area contributed by atoms with Crippen LogP contribution in [0.4, 0.5) is 5.69 Å². The number of benzene rings is 2. The molecule has 0 saturated carbocycles. The number of hydrogen-bond acceptors (Lipinski definition) is 4. The molecule has 0 radical (unpaired) electrons. The monoisotopic (exact) mass is 396 g/mol. The van der Waals surface area contributed by atoms with Crippen LogP contribution in [0.2, 0.25) is 0 Å². The standard InChI is InChI=1S/C23H28N2O4/c1-15-12-25(16(2)13-26)23(28)19-10-7-11-20(21(19)29-14-15)24-22(27)17(3)18-8-5-4-6-9-18/h4-11,15-17,26H,12-14H2,1-3H3,(H,24,27)/t15-,16+,17?/m1/s1. The predicted molar refractivity (Wildman–Crippen MR) is 112 cm³/mol. The van der Waals surface area contributed by atoms with Gasteiger partial charge in [0.25, 0.3) is 5.91 Å². The van der Waals surface area contributed by atoms with Crippen LogP contribution >= 0.6 is 0 Å². The summed E-state index contributed by atoms with van der Waals surface area (Å²) in [6, 6.07) is 14.4. The van der Waals surface area contributed by atoms with Crippen LogP contribution in [0, 0.1) is 5.92 Å². The Labute approximate surface area is 171 Å². The Hall–Kier alpha value is -2.86. The van der Waals surface area contributed by atoms with Crippen molar-refractivity contribution in [3.63, 3.8) is 0 Å². The summed E-state index contributed by atoms with van der Waals surface area (Å²) in [5.41, 5.74) is 1.79. The van der Waals surface area contributed by atoms with Gasteiger partial charge in [0, 0.05) is 12.5 Å². The maximum atomic E-state index is 13.2. The van der Waals surface area contributed by atoms with E-state index in [2.05, 4.69) is 5.32 Å². The number of fused-ring (bicyclic) bond motifs is 1. The first-order valence-corrected chi connectivity index (χ1v) is 9.95. The lowest BCUT2D eigenvalue weighted by atomic mass is 10.00. The minimum absolute atomic E-state index is 0.0908. The highest BCUT2D eigenvalue weighted by molar-refractivity contribution is 6.02. The van der Waals surface area contributed by atoms with Crippen molar-refractivity contribution in [3.05, 3.63) is 59.7 Å². The molecule has 154 valence electrons. The lowest BCUT2D eigenvalue weighted by Crippen LogP contribution is -2.45. The zero-order chi connectivity index (χ0) is 21.0. The zero-order valence-corrected chi connectivity index (χ0v) is 17.1. The van der Waals surface area contributed by atoms with Crippen LogP contribution < -0.4 is 10.1 Å². The molecule has 0 fully saturated rings. The highest BCUT2D eigenvalue weighted by atomic mass is 16.5. The largest absolute Gasteiger partial charge is 0.490 e. The number of amides is 2. The predicted octanol–water partition coefficient (Wildman–Crippen LogP) is 3.28. The molecule has 2 aromatic carbocycles. The first kappa shape index (κ1) is 20.9. The second-order valence-electron chi connectivity index (χ2n) is 7.71. The second kappa shape index (κ2) is 9.09. The van der Waals surface area contributed by atoms with E-state index in [1.807, 2.05) is 51.1 Å². The fourth-order valence-corrected chi connectivity index (χ4v) is 3.42. The summed E-state index contributed by atoms with van der Waals surface area (Å²) in [7, 11) is 0. The summed E-state index contributed by atoms with van der Waals surface area (Å²) in [4.78, 5) is 27.6. The molecule has 1 aliphatic rings. The van der Waals surface area contributed by atoms with Crippen LogP contribution in [0.3, 0.4) is 0 Å². The molecular formula is C23H28N2O4. The van der Waals surface area contributed by atoms with Crippen LogP contribution in [0.25, 0.3) is 0 Å². The fourth-order valence-electron chi connectivity index (χ4n) is 3.42. The van der Waals surface area contributed by atoms with Gasteiger partial charge in [-0.2, -0.15) is 0 Å². The van der Waals surface area contributed by atoms with E-state index in [-0.39, 0.29) is 36.3 Å². The normalized spacial score (nSPS) is 18.7. The number of hydrogen-bond donors (Lipinski definition) is 2. The first-order valence-electron chi connectivity index (χ1n) is 9.95. The number of aliphatic hydroxyl groups is 1. The van der Waals surface area contributed by atoms with Crippen molar-refractivity contribution in [1.82, 2.24) is 4.90 Å². The average Bonchev–Trinajstić information content (AvgIpc) is 2.74. The van der Waals surface area contributed by atoms with E-state index in [1.165, 1.54) is 0 Å². The maximum Gasteiger partial charge on any atom is 0.258 e. The second-order valence-corrected chi connectivity index (χ2v) is 7.71. The van der Waals surface area contributed by atoms with Crippen molar-refractivity contribution in [1.29, 1.82) is 0 Å². The van der Waals surface area contributed by atoms with Crippen molar-refractivity contribution >= 4 is 17.5 Å². The van der Waals surface area contributed by atoms with Gasteiger partial charge in [0.2, 0.25) is 5.91 Å². The summed E-state index contributed by atoms with van der Waals surface area (Å²) in [5.74, 6) is -0.251. The number of carbonyl (C=O) groups is 2. The molecule has 29 heavy (non-hydrogen) atoms. The third-order valence-corrected chi connectivity index (χ3v) is 5.27. The topological polar surface area (TPSA) is 78.9 Å². The number of carbonyl (C=O) groups excluding carboxylic acids is 2. The van der Waals surface area contributed by atoms with Gasteiger partial charge in [-0.15, -0.1) is 0 Å². The number of anilines is 1. The van der Waals surface area contributed by atoms with Crippen molar-refractivity contribution in [2.75, 3.05) is 25.1 Å². The fraction of sp³-hybridized carbons (Fsp3) is 0.391. The molecule has 0 aromatic heterocycles. The molecule has 2 N–H and O–H groups in total. The first-order chi connectivity index (χ1) is 13.9. The minimum atomic E-state index is -0.346. The van der Waals surface area contributed by atoms with E-state index in [0.29, 0.717) is 30.2 Å². The van der Waals surface area contributed by atoms with Gasteiger partial charge in [-0.3, -0.25) is 9.59 Å². The molecule has 3 atom stereocenters. The number of aliphatic hydroxyl groups excluding tert-OH is 1. The molecule has 1 aliphatic heterocycles. The lowest BCUT2D eigenvalue weighted by molar-refractivity contribution is -0.117. The van der Waals surface area contributed by atoms with E-state index in [0.717, 1.165) is 5.56 Å². The molecule has 1 heterocycles. The SMILES string of the molecule is CC(C(=O)Nc1cccc2c1OC[C@H](C)CN([C@@H](C)CO)C2=O)c1ccccc1. The van der Waals surface area contributed by atoms with E-state index < -0.39 is 0 Å². The van der Waals surface area contributed by atoms with Crippen molar-refractivity contribution in [3.8, 4) is 5.75 Å². The number of rotatable bonds is 5. The molecule has 0 saturated heterocycles. The molecular weight excluding hydrogens is 368 g/mol. The Morgan fingerprint density at radius 1 is 1.21 bits per heavy atom. The minimum Gasteiger partial charge on any atom is -0.490 e. The lowest BCUT2D eigenvalue weighted by Gasteiger charge is -2.33. The molecule has 0 spiro atoms. The van der Waals surface area contributed by atoms with Gasteiger partial charge >= 0.3 is 0 Å². The van der Waals surface area contributed by atoms with Crippen molar-refractivity contribution in [2.45, 2.75) is 32.7 Å². The highest BCUT2D eigenvalue weighted by Crippen LogP contribution is 2.33. The molecule has 6 nitrogen and oxygen atoms in total. The molecule has 0 bridgehead atoms. The summed E-state index contributed by atoms with van der Waals surface area (Å²) >= 11 is 0. The maximum absolute atomic E-state index is 13.2. The van der Waals surface area contributed by atoms with Crippen LogP contribution in [0.5, 0.6) is 5.75 Å². The van der Waals surface area contributed by atoms with E-state index in [4.69, 9.17) is 4.74 Å². The molecule has 1 unspecified atom stereocenters. The Kier molecular flexibility index (Phi) is 6.54. The van der Waals surface area contributed by atoms with Gasteiger partial charge in [0.15, 0.2) is 5.75 Å². The zero-order valence-electron chi connectivity index (χ0n) is 17.1. The summed E-state index contributed by atoms with van der Waals surface area (Å²) < 4.78 is 5.97. The Morgan fingerprint density at radius 2 is 1.93 bits per heavy atom. The smallest absolute Gasteiger partial charge is 0.258 e. The molecule has 2 amide bonds. The van der Waals surface area contributed by atoms with Gasteiger partial charge in [0.1, 0.15) is 0 Å². The van der Waals surface area contributed by atoms with E-state index in [9.17, 15) is 14.7 Å². The van der Waals surface area contributed by atoms with Crippen molar-refractivity contribution < 1.29 is 19.4 Å². The number of ether oxygens (including phenoxy) is 1. The van der Waals surface area contributed by atoms with Gasteiger partial charge in [-0.1, -0.05) is 43.3 Å². The summed E-state index contributed by atoms with van der Waals surface area (Å²) in [5, 5.41) is 12.5. The summed E-state index contributed by atoms with van der Waals surface area (Å²) in [6.45, 7) is 6.46.